The van der Waals surface area contributed by atoms with Crippen LogP contribution in [0.2, 0.25) is 0 Å². The van der Waals surface area contributed by atoms with E-state index >= 15 is 0 Å². The molecule has 1 atom stereocenters. The number of nitrogens with zero attached hydrogens (tertiary/aromatic N) is 2. The third-order valence-corrected chi connectivity index (χ3v) is 4.38. The second-order valence-corrected chi connectivity index (χ2v) is 6.23. The van der Waals surface area contributed by atoms with Crippen molar-refractivity contribution in [2.45, 2.75) is 46.7 Å². The van der Waals surface area contributed by atoms with Crippen LogP contribution >= 0.6 is 0 Å². The minimum atomic E-state index is -0.417. The number of carbonyl (C=O) groups excluding carboxylic acids is 2. The van der Waals surface area contributed by atoms with Gasteiger partial charge in [0.05, 0.1) is 17.9 Å². The number of amides is 1. The van der Waals surface area contributed by atoms with Gasteiger partial charge in [0.25, 0.3) is 5.91 Å². The van der Waals surface area contributed by atoms with Crippen molar-refractivity contribution in [3.63, 3.8) is 0 Å². The highest BCUT2D eigenvalue weighted by molar-refractivity contribution is 5.95. The van der Waals surface area contributed by atoms with Gasteiger partial charge in [-0.3, -0.25) is 4.79 Å². The van der Waals surface area contributed by atoms with E-state index < -0.39 is 5.97 Å². The lowest BCUT2D eigenvalue weighted by Gasteiger charge is -2.28. The third kappa shape index (κ3) is 4.69. The molecule has 0 aliphatic carbocycles. The molecule has 0 spiro atoms. The fourth-order valence-electron chi connectivity index (χ4n) is 2.68. The Hall–Kier alpha value is -2.69. The Bertz CT molecular complexity index is 759. The van der Waals surface area contributed by atoms with Crippen LogP contribution in [0, 0.1) is 6.92 Å². The van der Waals surface area contributed by atoms with E-state index in [1.807, 2.05) is 42.2 Å². The molecule has 2 aromatic rings. The van der Waals surface area contributed by atoms with Gasteiger partial charge in [0, 0.05) is 12.6 Å². The Kier molecular flexibility index (Phi) is 6.89. The molecule has 0 N–H and O–H groups in total. The Morgan fingerprint density at radius 3 is 2.38 bits per heavy atom. The molecule has 5 nitrogen and oxygen atoms in total. The molecule has 1 heterocycles. The van der Waals surface area contributed by atoms with E-state index in [2.05, 4.69) is 11.9 Å². The van der Waals surface area contributed by atoms with Gasteiger partial charge in [0.15, 0.2) is 0 Å². The zero-order chi connectivity index (χ0) is 19.1. The molecule has 138 valence electrons. The van der Waals surface area contributed by atoms with Crippen LogP contribution in [0.4, 0.5) is 0 Å². The van der Waals surface area contributed by atoms with Crippen LogP contribution in [0.3, 0.4) is 0 Å². The highest BCUT2D eigenvalue weighted by atomic mass is 16.5. The van der Waals surface area contributed by atoms with Crippen molar-refractivity contribution in [3.8, 4) is 0 Å². The summed E-state index contributed by atoms with van der Waals surface area (Å²) in [6, 6.07) is 13.2. The first-order chi connectivity index (χ1) is 12.5. The van der Waals surface area contributed by atoms with Crippen molar-refractivity contribution in [3.05, 3.63) is 65.0 Å². The quantitative estimate of drug-likeness (QED) is 0.705. The van der Waals surface area contributed by atoms with E-state index in [1.165, 1.54) is 0 Å². The SMILES string of the molecule is CCOC(=O)c1ccc(C(=O)N(Cc2ccccc2)C(C)CC)nc1C. The summed E-state index contributed by atoms with van der Waals surface area (Å²) in [5.41, 5.74) is 2.30. The van der Waals surface area contributed by atoms with Crippen LogP contribution in [-0.4, -0.2) is 34.4 Å². The van der Waals surface area contributed by atoms with Crippen molar-refractivity contribution < 1.29 is 14.3 Å². The zero-order valence-electron chi connectivity index (χ0n) is 15.9. The van der Waals surface area contributed by atoms with Gasteiger partial charge in [-0.25, -0.2) is 9.78 Å². The number of esters is 1. The lowest BCUT2D eigenvalue weighted by Crippen LogP contribution is -2.38. The first-order valence-corrected chi connectivity index (χ1v) is 8.97. The van der Waals surface area contributed by atoms with Gasteiger partial charge in [0.1, 0.15) is 5.69 Å². The predicted molar refractivity (Wildman–Crippen MR) is 101 cm³/mol. The number of ether oxygens (including phenoxy) is 1. The molecule has 0 saturated carbocycles. The molecular formula is C21H26N2O3. The van der Waals surface area contributed by atoms with Gasteiger partial charge in [-0.1, -0.05) is 37.3 Å². The fourth-order valence-corrected chi connectivity index (χ4v) is 2.68. The molecule has 1 aromatic heterocycles. The number of hydrogen-bond acceptors (Lipinski definition) is 4. The molecule has 0 fully saturated rings. The smallest absolute Gasteiger partial charge is 0.339 e. The zero-order valence-corrected chi connectivity index (χ0v) is 15.9. The van der Waals surface area contributed by atoms with Gasteiger partial charge >= 0.3 is 5.97 Å². The summed E-state index contributed by atoms with van der Waals surface area (Å²) in [5, 5.41) is 0. The standard InChI is InChI=1S/C21H26N2O3/c1-5-15(3)23(14-17-10-8-7-9-11-17)20(24)19-13-12-18(16(4)22-19)21(25)26-6-2/h7-13,15H,5-6,14H2,1-4H3. The summed E-state index contributed by atoms with van der Waals surface area (Å²) in [5.74, 6) is -0.554. The number of hydrogen-bond donors (Lipinski definition) is 0. The summed E-state index contributed by atoms with van der Waals surface area (Å²) >= 11 is 0. The van der Waals surface area contributed by atoms with Crippen molar-refractivity contribution in [1.29, 1.82) is 0 Å². The summed E-state index contributed by atoms with van der Waals surface area (Å²) in [6.45, 7) is 8.38. The molecule has 2 rings (SSSR count). The Balaban J connectivity index is 2.27. The summed E-state index contributed by atoms with van der Waals surface area (Å²) < 4.78 is 5.02. The molecular weight excluding hydrogens is 328 g/mol. The number of benzene rings is 1. The van der Waals surface area contributed by atoms with Gasteiger partial charge in [-0.05, 0) is 44.9 Å². The van der Waals surface area contributed by atoms with Crippen LogP contribution in [0.1, 0.15) is 59.3 Å². The van der Waals surface area contributed by atoms with Crippen LogP contribution in [0.15, 0.2) is 42.5 Å². The molecule has 26 heavy (non-hydrogen) atoms. The minimum Gasteiger partial charge on any atom is -0.462 e. The predicted octanol–water partition coefficient (Wildman–Crippen LogP) is 4.01. The number of carbonyl (C=O) groups is 2. The number of rotatable bonds is 7. The lowest BCUT2D eigenvalue weighted by molar-refractivity contribution is 0.0523. The van der Waals surface area contributed by atoms with E-state index in [0.29, 0.717) is 30.1 Å². The minimum absolute atomic E-state index is 0.0783. The van der Waals surface area contributed by atoms with Crippen molar-refractivity contribution in [1.82, 2.24) is 9.88 Å². The Morgan fingerprint density at radius 2 is 1.81 bits per heavy atom. The first-order valence-electron chi connectivity index (χ1n) is 8.97. The van der Waals surface area contributed by atoms with Crippen molar-refractivity contribution in [2.75, 3.05) is 6.61 Å². The van der Waals surface area contributed by atoms with Gasteiger partial charge in [0.2, 0.25) is 0 Å². The largest absolute Gasteiger partial charge is 0.462 e. The summed E-state index contributed by atoms with van der Waals surface area (Å²) in [6.07, 6.45) is 0.846. The number of pyridine rings is 1. The molecule has 0 radical (unpaired) electrons. The molecule has 0 bridgehead atoms. The molecule has 5 heteroatoms. The highest BCUT2D eigenvalue weighted by Gasteiger charge is 2.23. The molecule has 0 aliphatic heterocycles. The number of aromatic nitrogens is 1. The fraction of sp³-hybridized carbons (Fsp3) is 0.381. The highest BCUT2D eigenvalue weighted by Crippen LogP contribution is 2.16. The van der Waals surface area contributed by atoms with Crippen LogP contribution in [-0.2, 0) is 11.3 Å². The Labute approximate surface area is 155 Å². The van der Waals surface area contributed by atoms with E-state index in [4.69, 9.17) is 4.74 Å². The van der Waals surface area contributed by atoms with E-state index in [1.54, 1.807) is 26.0 Å². The summed E-state index contributed by atoms with van der Waals surface area (Å²) in [7, 11) is 0. The maximum absolute atomic E-state index is 13.1. The van der Waals surface area contributed by atoms with E-state index in [-0.39, 0.29) is 11.9 Å². The maximum atomic E-state index is 13.1. The normalized spacial score (nSPS) is 11.7. The molecule has 0 saturated heterocycles. The van der Waals surface area contributed by atoms with E-state index in [9.17, 15) is 9.59 Å². The average Bonchev–Trinajstić information content (AvgIpc) is 2.65. The monoisotopic (exact) mass is 354 g/mol. The van der Waals surface area contributed by atoms with Crippen LogP contribution < -0.4 is 0 Å². The lowest BCUT2D eigenvalue weighted by atomic mass is 10.1. The molecule has 0 aliphatic rings. The second-order valence-electron chi connectivity index (χ2n) is 6.23. The van der Waals surface area contributed by atoms with Gasteiger partial charge in [-0.15, -0.1) is 0 Å². The summed E-state index contributed by atoms with van der Waals surface area (Å²) in [4.78, 5) is 31.2. The van der Waals surface area contributed by atoms with Gasteiger partial charge in [-0.2, -0.15) is 0 Å². The van der Waals surface area contributed by atoms with Crippen molar-refractivity contribution in [2.24, 2.45) is 0 Å². The van der Waals surface area contributed by atoms with Gasteiger partial charge < -0.3 is 9.64 Å². The average molecular weight is 354 g/mol. The topological polar surface area (TPSA) is 59.5 Å². The maximum Gasteiger partial charge on any atom is 0.339 e. The number of aryl methyl sites for hydroxylation is 1. The molecule has 1 amide bonds. The second kappa shape index (κ2) is 9.13. The van der Waals surface area contributed by atoms with Crippen molar-refractivity contribution >= 4 is 11.9 Å². The Morgan fingerprint density at radius 1 is 1.12 bits per heavy atom. The molecule has 1 aromatic carbocycles. The van der Waals surface area contributed by atoms with Crippen LogP contribution in [0.25, 0.3) is 0 Å². The first kappa shape index (κ1) is 19.6. The molecule has 1 unspecified atom stereocenters. The van der Waals surface area contributed by atoms with E-state index in [0.717, 1.165) is 12.0 Å². The third-order valence-electron chi connectivity index (χ3n) is 4.38. The van der Waals surface area contributed by atoms with Crippen LogP contribution in [0.5, 0.6) is 0 Å².